The Morgan fingerprint density at radius 1 is 1.30 bits per heavy atom. The van der Waals surface area contributed by atoms with Gasteiger partial charge in [0, 0.05) is 15.5 Å². The normalized spacial score (nSPS) is 12.4. The Morgan fingerprint density at radius 2 is 2.05 bits per heavy atom. The summed E-state index contributed by atoms with van der Waals surface area (Å²) in [6.45, 7) is 1.98. The summed E-state index contributed by atoms with van der Waals surface area (Å²) in [5.41, 5.74) is 3.00. The first kappa shape index (κ1) is 15.5. The van der Waals surface area contributed by atoms with E-state index in [2.05, 4.69) is 21.2 Å². The minimum atomic E-state index is -0.228. The number of rotatable bonds is 4. The molecule has 0 amide bonds. The minimum absolute atomic E-state index is 0.0421. The number of halogens is 3. The molecule has 0 heterocycles. The SMILES string of the molecule is CNC(Cc1cc(F)ccc1Br)c1cccc(C)c1Cl. The third-order valence-electron chi connectivity index (χ3n) is 3.38. The monoisotopic (exact) mass is 355 g/mol. The van der Waals surface area contributed by atoms with Gasteiger partial charge in [0.2, 0.25) is 0 Å². The van der Waals surface area contributed by atoms with Crippen molar-refractivity contribution in [1.29, 1.82) is 0 Å². The lowest BCUT2D eigenvalue weighted by atomic mass is 9.97. The number of hydrogen-bond acceptors (Lipinski definition) is 1. The maximum absolute atomic E-state index is 13.4. The second kappa shape index (κ2) is 6.70. The van der Waals surface area contributed by atoms with Crippen LogP contribution in [0.25, 0.3) is 0 Å². The molecular formula is C16H16BrClFN. The van der Waals surface area contributed by atoms with Gasteiger partial charge in [0.15, 0.2) is 0 Å². The van der Waals surface area contributed by atoms with Gasteiger partial charge in [-0.15, -0.1) is 0 Å². The van der Waals surface area contributed by atoms with Crippen molar-refractivity contribution in [3.8, 4) is 0 Å². The van der Waals surface area contributed by atoms with E-state index in [4.69, 9.17) is 11.6 Å². The van der Waals surface area contributed by atoms with E-state index in [1.54, 1.807) is 12.1 Å². The van der Waals surface area contributed by atoms with Crippen LogP contribution in [0.1, 0.15) is 22.7 Å². The molecular weight excluding hydrogens is 341 g/mol. The molecule has 0 fully saturated rings. The van der Waals surface area contributed by atoms with Gasteiger partial charge in [0.05, 0.1) is 0 Å². The molecule has 1 N–H and O–H groups in total. The van der Waals surface area contributed by atoms with Gasteiger partial charge in [-0.25, -0.2) is 4.39 Å². The largest absolute Gasteiger partial charge is 0.313 e. The fraction of sp³-hybridized carbons (Fsp3) is 0.250. The van der Waals surface area contributed by atoms with Crippen LogP contribution in [-0.2, 0) is 6.42 Å². The zero-order valence-electron chi connectivity index (χ0n) is 11.4. The van der Waals surface area contributed by atoms with E-state index in [0.29, 0.717) is 6.42 Å². The zero-order valence-corrected chi connectivity index (χ0v) is 13.7. The predicted octanol–water partition coefficient (Wildman–Crippen LogP) is 5.05. The topological polar surface area (TPSA) is 12.0 Å². The molecule has 1 atom stereocenters. The van der Waals surface area contributed by atoms with Crippen LogP contribution in [-0.4, -0.2) is 7.05 Å². The highest BCUT2D eigenvalue weighted by molar-refractivity contribution is 9.10. The van der Waals surface area contributed by atoms with Crippen LogP contribution in [0.15, 0.2) is 40.9 Å². The maximum atomic E-state index is 13.4. The second-order valence-corrected chi connectivity index (χ2v) is 5.99. The number of benzene rings is 2. The van der Waals surface area contributed by atoms with Crippen molar-refractivity contribution in [3.63, 3.8) is 0 Å². The van der Waals surface area contributed by atoms with Gasteiger partial charge in [-0.2, -0.15) is 0 Å². The standard InChI is InChI=1S/C16H16BrClFN/c1-10-4-3-5-13(16(10)18)15(20-2)9-11-8-12(19)6-7-14(11)17/h3-8,15,20H,9H2,1-2H3. The van der Waals surface area contributed by atoms with Crippen molar-refractivity contribution in [2.75, 3.05) is 7.05 Å². The fourth-order valence-electron chi connectivity index (χ4n) is 2.23. The first-order valence-electron chi connectivity index (χ1n) is 6.39. The van der Waals surface area contributed by atoms with E-state index >= 15 is 0 Å². The summed E-state index contributed by atoms with van der Waals surface area (Å²) >= 11 is 9.84. The Balaban J connectivity index is 2.34. The van der Waals surface area contributed by atoms with E-state index in [1.165, 1.54) is 6.07 Å². The van der Waals surface area contributed by atoms with Gasteiger partial charge in [-0.3, -0.25) is 0 Å². The molecule has 1 unspecified atom stereocenters. The van der Waals surface area contributed by atoms with E-state index in [0.717, 1.165) is 26.2 Å². The average molecular weight is 357 g/mol. The van der Waals surface area contributed by atoms with Crippen molar-refractivity contribution in [1.82, 2.24) is 5.32 Å². The molecule has 0 bridgehead atoms. The molecule has 106 valence electrons. The molecule has 0 spiro atoms. The number of likely N-dealkylation sites (N-methyl/N-ethyl adjacent to an activating group) is 1. The van der Waals surface area contributed by atoms with Gasteiger partial charge in [-0.1, -0.05) is 45.7 Å². The molecule has 0 aliphatic heterocycles. The van der Waals surface area contributed by atoms with Crippen LogP contribution in [0.2, 0.25) is 5.02 Å². The predicted molar refractivity (Wildman–Crippen MR) is 85.8 cm³/mol. The van der Waals surface area contributed by atoms with Crippen LogP contribution in [0.4, 0.5) is 4.39 Å². The third kappa shape index (κ3) is 3.40. The van der Waals surface area contributed by atoms with E-state index < -0.39 is 0 Å². The van der Waals surface area contributed by atoms with Crippen LogP contribution in [0.3, 0.4) is 0 Å². The Bertz CT molecular complexity index is 615. The summed E-state index contributed by atoms with van der Waals surface area (Å²) < 4.78 is 14.3. The summed E-state index contributed by atoms with van der Waals surface area (Å²) in [5, 5.41) is 4.02. The molecule has 0 radical (unpaired) electrons. The number of aryl methyl sites for hydroxylation is 1. The summed E-state index contributed by atoms with van der Waals surface area (Å²) in [6, 6.07) is 10.7. The molecule has 0 saturated carbocycles. The van der Waals surface area contributed by atoms with Crippen molar-refractivity contribution >= 4 is 27.5 Å². The molecule has 0 saturated heterocycles. The lowest BCUT2D eigenvalue weighted by Crippen LogP contribution is -2.19. The Labute approximate surface area is 132 Å². The minimum Gasteiger partial charge on any atom is -0.313 e. The Kier molecular flexibility index (Phi) is 5.19. The molecule has 0 aromatic heterocycles. The van der Waals surface area contributed by atoms with Gasteiger partial charge in [0.1, 0.15) is 5.82 Å². The van der Waals surface area contributed by atoms with Crippen molar-refractivity contribution in [3.05, 3.63) is 68.4 Å². The number of nitrogens with one attached hydrogen (secondary N) is 1. The van der Waals surface area contributed by atoms with Crippen LogP contribution >= 0.6 is 27.5 Å². The van der Waals surface area contributed by atoms with Gasteiger partial charge in [-0.05, 0) is 55.3 Å². The molecule has 4 heteroatoms. The lowest BCUT2D eigenvalue weighted by Gasteiger charge is -2.20. The first-order chi connectivity index (χ1) is 9.52. The molecule has 20 heavy (non-hydrogen) atoms. The van der Waals surface area contributed by atoms with Crippen molar-refractivity contribution < 1.29 is 4.39 Å². The van der Waals surface area contributed by atoms with Gasteiger partial charge < -0.3 is 5.32 Å². The Hall–Kier alpha value is -0.900. The zero-order chi connectivity index (χ0) is 14.7. The summed E-state index contributed by atoms with van der Waals surface area (Å²) in [6.07, 6.45) is 0.665. The molecule has 2 aromatic carbocycles. The van der Waals surface area contributed by atoms with Crippen molar-refractivity contribution in [2.45, 2.75) is 19.4 Å². The van der Waals surface area contributed by atoms with E-state index in [1.807, 2.05) is 32.2 Å². The fourth-order valence-corrected chi connectivity index (χ4v) is 2.89. The highest BCUT2D eigenvalue weighted by atomic mass is 79.9. The molecule has 1 nitrogen and oxygen atoms in total. The molecule has 0 aliphatic rings. The highest BCUT2D eigenvalue weighted by Gasteiger charge is 2.16. The average Bonchev–Trinajstić information content (AvgIpc) is 2.43. The van der Waals surface area contributed by atoms with Crippen LogP contribution in [0, 0.1) is 12.7 Å². The molecule has 0 aliphatic carbocycles. The summed E-state index contributed by atoms with van der Waals surface area (Å²) in [4.78, 5) is 0. The molecule has 2 rings (SSSR count). The smallest absolute Gasteiger partial charge is 0.123 e. The number of hydrogen-bond donors (Lipinski definition) is 1. The quantitative estimate of drug-likeness (QED) is 0.808. The summed E-state index contributed by atoms with van der Waals surface area (Å²) in [7, 11) is 1.89. The van der Waals surface area contributed by atoms with Gasteiger partial charge >= 0.3 is 0 Å². The summed E-state index contributed by atoms with van der Waals surface area (Å²) in [5.74, 6) is -0.228. The maximum Gasteiger partial charge on any atom is 0.123 e. The second-order valence-electron chi connectivity index (χ2n) is 4.76. The van der Waals surface area contributed by atoms with Crippen LogP contribution in [0.5, 0.6) is 0 Å². The van der Waals surface area contributed by atoms with Crippen LogP contribution < -0.4 is 5.32 Å². The highest BCUT2D eigenvalue weighted by Crippen LogP contribution is 2.30. The third-order valence-corrected chi connectivity index (χ3v) is 4.67. The van der Waals surface area contributed by atoms with Crippen molar-refractivity contribution in [2.24, 2.45) is 0 Å². The van der Waals surface area contributed by atoms with Gasteiger partial charge in [0.25, 0.3) is 0 Å². The first-order valence-corrected chi connectivity index (χ1v) is 7.56. The molecule has 2 aromatic rings. The lowest BCUT2D eigenvalue weighted by molar-refractivity contribution is 0.582. The van der Waals surface area contributed by atoms with E-state index in [-0.39, 0.29) is 11.9 Å². The van der Waals surface area contributed by atoms with E-state index in [9.17, 15) is 4.39 Å². The Morgan fingerprint density at radius 3 is 2.75 bits per heavy atom.